The van der Waals surface area contributed by atoms with E-state index in [0.29, 0.717) is 0 Å². The maximum Gasteiger partial charge on any atom is -0.0303 e. The molecule has 0 N–H and O–H groups in total. The minimum atomic E-state index is 0. The van der Waals surface area contributed by atoms with Crippen molar-refractivity contribution in [1.29, 1.82) is 0 Å². The monoisotopic (exact) mass is 402 g/mol. The highest BCUT2D eigenvalue weighted by molar-refractivity contribution is 7.27. The fourth-order valence-corrected chi connectivity index (χ4v) is 2.03. The summed E-state index contributed by atoms with van der Waals surface area (Å²) < 4.78 is 0. The minimum Gasteiger partial charge on any atom is -0.147 e. The van der Waals surface area contributed by atoms with E-state index in [1.165, 1.54) is 15.9 Å². The highest BCUT2D eigenvalue weighted by Gasteiger charge is 1.73. The molecule has 124 valence electrons. The molecule has 3 aromatic carbocycles. The fourth-order valence-electron chi connectivity index (χ4n) is 1.36. The zero-order chi connectivity index (χ0) is 15.3. The normalized spacial score (nSPS) is 7.96. The Bertz CT molecular complexity index is 501. The Morgan fingerprint density at radius 3 is 0.609 bits per heavy atom. The maximum absolute atomic E-state index is 2.63. The molecule has 0 aliphatic carbocycles. The zero-order valence-electron chi connectivity index (χ0n) is 12.7. The smallest absolute Gasteiger partial charge is 0.0303 e. The van der Waals surface area contributed by atoms with E-state index >= 15 is 0 Å². The molecular weight excluding hydrogens is 380 g/mol. The number of hydrogen-bond acceptors (Lipinski definition) is 0. The molecule has 3 unspecified atom stereocenters. The van der Waals surface area contributed by atoms with Crippen LogP contribution in [0.5, 0.6) is 0 Å². The Labute approximate surface area is 159 Å². The molecule has 0 nitrogen and oxygen atoms in total. The highest BCUT2D eigenvalue weighted by Crippen LogP contribution is 1.87. The van der Waals surface area contributed by atoms with Crippen LogP contribution in [-0.2, 0) is 0 Å². The van der Waals surface area contributed by atoms with E-state index in [4.69, 9.17) is 0 Å². The lowest BCUT2D eigenvalue weighted by Gasteiger charge is -1.82. The van der Waals surface area contributed by atoms with Crippen molar-refractivity contribution in [3.8, 4) is 0 Å². The number of rotatable bonds is 0. The summed E-state index contributed by atoms with van der Waals surface area (Å²) in [6.07, 6.45) is 0. The van der Waals surface area contributed by atoms with Gasteiger partial charge in [-0.1, -0.05) is 91.0 Å². The first kappa shape index (κ1) is 24.8. The van der Waals surface area contributed by atoms with Crippen LogP contribution in [0.2, 0.25) is 0 Å². The van der Waals surface area contributed by atoms with Crippen LogP contribution in [0, 0.1) is 0 Å². The van der Waals surface area contributed by atoms with Crippen molar-refractivity contribution in [2.45, 2.75) is 0 Å². The van der Waals surface area contributed by atoms with Gasteiger partial charge in [0.05, 0.1) is 0 Å². The van der Waals surface area contributed by atoms with E-state index in [0.717, 1.165) is 0 Å². The minimum absolute atomic E-state index is 0. The Morgan fingerprint density at radius 1 is 0.348 bits per heavy atom. The molecule has 0 bridgehead atoms. The van der Waals surface area contributed by atoms with Crippen LogP contribution in [-0.4, -0.2) is 0 Å². The Hall–Kier alpha value is -0.470. The van der Waals surface area contributed by atoms with Crippen LogP contribution < -0.4 is 15.9 Å². The van der Waals surface area contributed by atoms with Gasteiger partial charge in [0.25, 0.3) is 0 Å². The molecule has 0 fully saturated rings. The lowest BCUT2D eigenvalue weighted by atomic mass is 10.4. The molecule has 3 atom stereocenters. The van der Waals surface area contributed by atoms with Crippen molar-refractivity contribution in [2.24, 2.45) is 0 Å². The molecule has 0 heterocycles. The number of hydrogen-bond donors (Lipinski definition) is 0. The SMILES string of the molecule is Cl.Cl.Pc1ccccc1.Pc1ccccc1.Pc1ccccc1. The molecule has 0 aliphatic heterocycles. The topological polar surface area (TPSA) is 0 Å². The van der Waals surface area contributed by atoms with Crippen LogP contribution in [0.1, 0.15) is 0 Å². The summed E-state index contributed by atoms with van der Waals surface area (Å²) in [6.45, 7) is 0. The summed E-state index contributed by atoms with van der Waals surface area (Å²) in [4.78, 5) is 0. The maximum atomic E-state index is 2.63. The predicted octanol–water partition coefficient (Wildman–Crippen LogP) is 4.40. The standard InChI is InChI=1S/3C6H7P.2ClH/c3*7-6-4-2-1-3-5-6;;/h3*1-5H,7H2;2*1H. The Balaban J connectivity index is 0. The van der Waals surface area contributed by atoms with Crippen LogP contribution >= 0.6 is 52.5 Å². The summed E-state index contributed by atoms with van der Waals surface area (Å²) in [5.41, 5.74) is 0. The Morgan fingerprint density at radius 2 is 0.522 bits per heavy atom. The van der Waals surface area contributed by atoms with E-state index < -0.39 is 0 Å². The second-order valence-corrected chi connectivity index (χ2v) is 6.23. The van der Waals surface area contributed by atoms with Gasteiger partial charge in [-0.05, 0) is 15.9 Å². The summed E-state index contributed by atoms with van der Waals surface area (Å²) >= 11 is 0. The summed E-state index contributed by atoms with van der Waals surface area (Å²) in [6, 6.07) is 30.4. The van der Waals surface area contributed by atoms with Crippen molar-refractivity contribution in [2.75, 3.05) is 0 Å². The van der Waals surface area contributed by atoms with Gasteiger partial charge >= 0.3 is 0 Å². The van der Waals surface area contributed by atoms with E-state index in [-0.39, 0.29) is 24.8 Å². The summed E-state index contributed by atoms with van der Waals surface area (Å²) in [5, 5.41) is 3.72. The molecule has 0 aromatic heterocycles. The quantitative estimate of drug-likeness (QED) is 0.488. The van der Waals surface area contributed by atoms with Crippen LogP contribution in [0.15, 0.2) is 91.0 Å². The third kappa shape index (κ3) is 14.8. The van der Waals surface area contributed by atoms with E-state index in [2.05, 4.69) is 27.7 Å². The van der Waals surface area contributed by atoms with Crippen molar-refractivity contribution in [3.05, 3.63) is 91.0 Å². The first-order valence-electron chi connectivity index (χ1n) is 6.60. The molecule has 23 heavy (non-hydrogen) atoms. The molecule has 0 radical (unpaired) electrons. The molecule has 3 aromatic rings. The van der Waals surface area contributed by atoms with Gasteiger partial charge in [0, 0.05) is 0 Å². The predicted molar refractivity (Wildman–Crippen MR) is 122 cm³/mol. The lowest BCUT2D eigenvalue weighted by Crippen LogP contribution is -1.82. The second-order valence-electron chi connectivity index (χ2n) is 4.23. The third-order valence-corrected chi connectivity index (χ3v) is 3.55. The first-order valence-corrected chi connectivity index (χ1v) is 8.33. The molecule has 3 rings (SSSR count). The van der Waals surface area contributed by atoms with Crippen molar-refractivity contribution in [1.82, 2.24) is 0 Å². The van der Waals surface area contributed by atoms with Gasteiger partial charge < -0.3 is 0 Å². The number of halogens is 2. The molecule has 0 saturated heterocycles. The van der Waals surface area contributed by atoms with Crippen LogP contribution in [0.25, 0.3) is 0 Å². The van der Waals surface area contributed by atoms with Crippen molar-refractivity contribution >= 4 is 68.4 Å². The fraction of sp³-hybridized carbons (Fsp3) is 0. The Kier molecular flexibility index (Phi) is 17.7. The summed E-state index contributed by atoms with van der Waals surface area (Å²) in [5.74, 6) is 0. The molecular formula is C18H23Cl2P3. The van der Waals surface area contributed by atoms with Gasteiger partial charge in [-0.25, -0.2) is 0 Å². The molecule has 0 amide bonds. The first-order chi connectivity index (χ1) is 10.2. The highest BCUT2D eigenvalue weighted by atomic mass is 35.5. The molecule has 0 spiro atoms. The van der Waals surface area contributed by atoms with E-state index in [1.54, 1.807) is 0 Å². The van der Waals surface area contributed by atoms with Gasteiger partial charge in [0.15, 0.2) is 0 Å². The van der Waals surface area contributed by atoms with Crippen molar-refractivity contribution in [3.63, 3.8) is 0 Å². The van der Waals surface area contributed by atoms with E-state index in [9.17, 15) is 0 Å². The van der Waals surface area contributed by atoms with Gasteiger partial charge in [-0.15, -0.1) is 52.5 Å². The molecule has 0 saturated carbocycles. The van der Waals surface area contributed by atoms with Crippen molar-refractivity contribution < 1.29 is 0 Å². The van der Waals surface area contributed by atoms with Gasteiger partial charge in [0.1, 0.15) is 0 Å². The van der Waals surface area contributed by atoms with Gasteiger partial charge in [0.2, 0.25) is 0 Å². The average Bonchev–Trinajstić information content (AvgIpc) is 2.51. The van der Waals surface area contributed by atoms with Gasteiger partial charge in [-0.2, -0.15) is 0 Å². The lowest BCUT2D eigenvalue weighted by molar-refractivity contribution is 1.78. The second kappa shape index (κ2) is 16.4. The zero-order valence-corrected chi connectivity index (χ0v) is 17.8. The average molecular weight is 403 g/mol. The molecule has 0 aliphatic rings. The van der Waals surface area contributed by atoms with E-state index in [1.807, 2.05) is 91.0 Å². The largest absolute Gasteiger partial charge is 0.147 e. The van der Waals surface area contributed by atoms with Crippen LogP contribution in [0.4, 0.5) is 0 Å². The molecule has 5 heteroatoms. The third-order valence-electron chi connectivity index (χ3n) is 2.40. The van der Waals surface area contributed by atoms with Crippen LogP contribution in [0.3, 0.4) is 0 Å². The summed E-state index contributed by atoms with van der Waals surface area (Å²) in [7, 11) is 7.89. The number of benzene rings is 3. The van der Waals surface area contributed by atoms with Gasteiger partial charge in [-0.3, -0.25) is 0 Å².